The molecule has 0 aromatic carbocycles. The highest BCUT2D eigenvalue weighted by Crippen LogP contribution is 2.25. The molecule has 0 aliphatic heterocycles. The average molecular weight is 137 g/mol. The van der Waals surface area contributed by atoms with Gasteiger partial charge in [0.05, 0.1) is 0 Å². The Labute approximate surface area is 62.6 Å². The molecule has 1 aliphatic carbocycles. The Hall–Kier alpha value is -0.560. The first-order valence-corrected chi connectivity index (χ1v) is 3.61. The molecular weight excluding hydrogens is 122 g/mol. The molecule has 0 fully saturated rings. The minimum atomic E-state index is -0.227. The fraction of sp³-hybridized carbons (Fsp3) is 0.556. The summed E-state index contributed by atoms with van der Waals surface area (Å²) >= 11 is 0. The van der Waals surface area contributed by atoms with E-state index >= 15 is 0 Å². The summed E-state index contributed by atoms with van der Waals surface area (Å²) in [5.41, 5.74) is 5.79. The second kappa shape index (κ2) is 1.96. The van der Waals surface area contributed by atoms with Crippen LogP contribution < -0.4 is 5.73 Å². The van der Waals surface area contributed by atoms with Gasteiger partial charge in [-0.1, -0.05) is 38.2 Å². The Morgan fingerprint density at radius 1 is 0.900 bits per heavy atom. The lowest BCUT2D eigenvalue weighted by atomic mass is 9.83. The first-order valence-electron chi connectivity index (χ1n) is 3.61. The van der Waals surface area contributed by atoms with Gasteiger partial charge in [-0.25, -0.2) is 0 Å². The third-order valence-corrected chi connectivity index (χ3v) is 1.74. The maximum Gasteiger partial charge on any atom is 0.0496 e. The van der Waals surface area contributed by atoms with Crippen molar-refractivity contribution in [3.05, 3.63) is 24.3 Å². The summed E-state index contributed by atoms with van der Waals surface area (Å²) in [6.07, 6.45) is 8.39. The zero-order valence-corrected chi connectivity index (χ0v) is 6.89. The molecule has 10 heavy (non-hydrogen) atoms. The zero-order valence-electron chi connectivity index (χ0n) is 6.89. The van der Waals surface area contributed by atoms with E-state index in [0.717, 1.165) is 0 Å². The van der Waals surface area contributed by atoms with Crippen LogP contribution in [-0.4, -0.2) is 5.54 Å². The molecular formula is C9H15N. The summed E-state index contributed by atoms with van der Waals surface area (Å²) in [7, 11) is 0. The number of rotatable bonds is 0. The van der Waals surface area contributed by atoms with Gasteiger partial charge in [0.1, 0.15) is 0 Å². The third kappa shape index (κ3) is 1.71. The lowest BCUT2D eigenvalue weighted by Crippen LogP contribution is -2.33. The molecule has 0 heterocycles. The lowest BCUT2D eigenvalue weighted by Gasteiger charge is -2.26. The summed E-state index contributed by atoms with van der Waals surface area (Å²) in [5, 5.41) is 0. The fourth-order valence-corrected chi connectivity index (χ4v) is 0.900. The first-order chi connectivity index (χ1) is 4.41. The molecule has 0 radical (unpaired) electrons. The van der Waals surface area contributed by atoms with E-state index in [4.69, 9.17) is 5.73 Å². The maximum atomic E-state index is 5.83. The molecule has 0 saturated carbocycles. The van der Waals surface area contributed by atoms with Gasteiger partial charge in [0.2, 0.25) is 0 Å². The minimum absolute atomic E-state index is 0.193. The van der Waals surface area contributed by atoms with Gasteiger partial charge < -0.3 is 5.73 Å². The van der Waals surface area contributed by atoms with Crippen LogP contribution in [0.1, 0.15) is 20.8 Å². The molecule has 1 heteroatoms. The lowest BCUT2D eigenvalue weighted by molar-refractivity contribution is 0.578. The van der Waals surface area contributed by atoms with E-state index < -0.39 is 0 Å². The highest BCUT2D eigenvalue weighted by Gasteiger charge is 2.19. The van der Waals surface area contributed by atoms with E-state index in [0.29, 0.717) is 0 Å². The third-order valence-electron chi connectivity index (χ3n) is 1.74. The Balaban J connectivity index is 2.81. The van der Waals surface area contributed by atoms with Crippen molar-refractivity contribution in [1.29, 1.82) is 0 Å². The van der Waals surface area contributed by atoms with E-state index in [-0.39, 0.29) is 11.0 Å². The van der Waals surface area contributed by atoms with E-state index in [1.165, 1.54) is 0 Å². The van der Waals surface area contributed by atoms with Crippen LogP contribution in [0, 0.1) is 5.41 Å². The molecule has 2 N–H and O–H groups in total. The smallest absolute Gasteiger partial charge is 0.0496 e. The van der Waals surface area contributed by atoms with Crippen molar-refractivity contribution in [1.82, 2.24) is 0 Å². The Morgan fingerprint density at radius 2 is 1.30 bits per heavy atom. The van der Waals surface area contributed by atoms with Gasteiger partial charge in [0.15, 0.2) is 0 Å². The second-order valence-electron chi connectivity index (χ2n) is 3.85. The normalized spacial score (nSPS) is 26.8. The van der Waals surface area contributed by atoms with Crippen LogP contribution in [0.2, 0.25) is 0 Å². The van der Waals surface area contributed by atoms with Crippen molar-refractivity contribution < 1.29 is 0 Å². The van der Waals surface area contributed by atoms with Crippen molar-refractivity contribution in [3.8, 4) is 0 Å². The summed E-state index contributed by atoms with van der Waals surface area (Å²) in [5.74, 6) is 0. The van der Waals surface area contributed by atoms with Crippen LogP contribution in [0.15, 0.2) is 24.3 Å². The summed E-state index contributed by atoms with van der Waals surface area (Å²) in [4.78, 5) is 0. The zero-order chi connectivity index (χ0) is 7.83. The topological polar surface area (TPSA) is 26.0 Å². The van der Waals surface area contributed by atoms with Gasteiger partial charge in [-0.2, -0.15) is 0 Å². The van der Waals surface area contributed by atoms with E-state index in [1.807, 2.05) is 19.1 Å². The monoisotopic (exact) mass is 137 g/mol. The molecule has 0 bridgehead atoms. The summed E-state index contributed by atoms with van der Waals surface area (Å²) in [6.45, 7) is 6.32. The molecule has 1 rings (SSSR count). The van der Waals surface area contributed by atoms with E-state index in [9.17, 15) is 0 Å². The van der Waals surface area contributed by atoms with Crippen LogP contribution in [-0.2, 0) is 0 Å². The van der Waals surface area contributed by atoms with Crippen molar-refractivity contribution in [2.45, 2.75) is 26.3 Å². The average Bonchev–Trinajstić information content (AvgIpc) is 1.79. The van der Waals surface area contributed by atoms with Crippen molar-refractivity contribution in [3.63, 3.8) is 0 Å². The maximum absolute atomic E-state index is 5.83. The Morgan fingerprint density at radius 3 is 1.60 bits per heavy atom. The van der Waals surface area contributed by atoms with Crippen molar-refractivity contribution in [2.75, 3.05) is 0 Å². The van der Waals surface area contributed by atoms with Gasteiger partial charge in [-0.3, -0.25) is 0 Å². The van der Waals surface area contributed by atoms with E-state index in [2.05, 4.69) is 26.0 Å². The molecule has 1 nitrogen and oxygen atoms in total. The molecule has 0 atom stereocenters. The number of hydrogen-bond acceptors (Lipinski definition) is 1. The second-order valence-corrected chi connectivity index (χ2v) is 3.85. The highest BCUT2D eigenvalue weighted by molar-refractivity contribution is 5.26. The molecule has 0 unspecified atom stereocenters. The fourth-order valence-electron chi connectivity index (χ4n) is 0.900. The van der Waals surface area contributed by atoms with Gasteiger partial charge in [-0.05, 0) is 6.92 Å². The number of hydrogen-bond donors (Lipinski definition) is 1. The van der Waals surface area contributed by atoms with Gasteiger partial charge in [0, 0.05) is 11.0 Å². The summed E-state index contributed by atoms with van der Waals surface area (Å²) in [6, 6.07) is 0. The van der Waals surface area contributed by atoms with Crippen LogP contribution in [0.3, 0.4) is 0 Å². The molecule has 0 amide bonds. The SMILES string of the molecule is CC1(C)C=CC(C)(N)C=C1. The standard InChI is InChI=1S/C9H15N/c1-8(2)4-6-9(3,10)7-5-8/h4-7H,10H2,1-3H3. The van der Waals surface area contributed by atoms with Gasteiger partial charge in [-0.15, -0.1) is 0 Å². The Bertz CT molecular complexity index is 147. The quantitative estimate of drug-likeness (QED) is 0.507. The molecule has 0 aromatic rings. The first kappa shape index (κ1) is 7.55. The molecule has 56 valence electrons. The van der Waals surface area contributed by atoms with Gasteiger partial charge >= 0.3 is 0 Å². The predicted octanol–water partition coefficient (Wildman–Crippen LogP) is 1.86. The minimum Gasteiger partial charge on any atom is -0.319 e. The predicted molar refractivity (Wildman–Crippen MR) is 44.7 cm³/mol. The number of nitrogens with two attached hydrogens (primary N) is 1. The van der Waals surface area contributed by atoms with Crippen LogP contribution in [0.4, 0.5) is 0 Å². The van der Waals surface area contributed by atoms with Crippen molar-refractivity contribution in [2.24, 2.45) is 11.1 Å². The molecule has 1 aliphatic rings. The largest absolute Gasteiger partial charge is 0.319 e. The highest BCUT2D eigenvalue weighted by atomic mass is 14.7. The summed E-state index contributed by atoms with van der Waals surface area (Å²) < 4.78 is 0. The molecule has 0 spiro atoms. The molecule has 0 aromatic heterocycles. The number of allylic oxidation sites excluding steroid dienone is 2. The van der Waals surface area contributed by atoms with Crippen molar-refractivity contribution >= 4 is 0 Å². The van der Waals surface area contributed by atoms with Crippen LogP contribution in [0.5, 0.6) is 0 Å². The van der Waals surface area contributed by atoms with Gasteiger partial charge in [0.25, 0.3) is 0 Å². The molecule has 0 saturated heterocycles. The Kier molecular flexibility index (Phi) is 1.48. The van der Waals surface area contributed by atoms with Crippen LogP contribution >= 0.6 is 0 Å². The van der Waals surface area contributed by atoms with Crippen LogP contribution in [0.25, 0.3) is 0 Å². The van der Waals surface area contributed by atoms with E-state index in [1.54, 1.807) is 0 Å².